The minimum absolute atomic E-state index is 0.0991. The van der Waals surface area contributed by atoms with Gasteiger partial charge in [-0.15, -0.1) is 0 Å². The number of hydrogen-bond acceptors (Lipinski definition) is 4. The highest BCUT2D eigenvalue weighted by Crippen LogP contribution is 2.52. The van der Waals surface area contributed by atoms with Crippen molar-refractivity contribution in [1.29, 1.82) is 0 Å². The lowest BCUT2D eigenvalue weighted by Crippen LogP contribution is -2.57. The Kier molecular flexibility index (Phi) is 3.81. The van der Waals surface area contributed by atoms with Crippen LogP contribution in [0.5, 0.6) is 0 Å². The summed E-state index contributed by atoms with van der Waals surface area (Å²) in [5.41, 5.74) is -1.09. The lowest BCUT2D eigenvalue weighted by atomic mass is 9.86. The van der Waals surface area contributed by atoms with Crippen molar-refractivity contribution in [1.82, 2.24) is 10.2 Å². The van der Waals surface area contributed by atoms with Crippen LogP contribution in [0.2, 0.25) is 0 Å². The SMILES string of the molecule is O=C(O)[C@H]1C[C@]2(CCCCNC2=O)N(C(=O)C2CC2)[C@H]1c1ccco1. The number of carbonyl (C=O) groups excluding carboxylic acids is 2. The molecule has 0 radical (unpaired) electrons. The smallest absolute Gasteiger partial charge is 0.309 e. The molecule has 7 nitrogen and oxygen atoms in total. The van der Waals surface area contributed by atoms with Crippen LogP contribution in [0.3, 0.4) is 0 Å². The number of nitrogens with one attached hydrogen (secondary N) is 1. The van der Waals surface area contributed by atoms with Crippen LogP contribution in [0.1, 0.15) is 50.3 Å². The number of rotatable bonds is 3. The number of aliphatic carboxylic acids is 1. The van der Waals surface area contributed by atoms with Gasteiger partial charge < -0.3 is 19.7 Å². The topological polar surface area (TPSA) is 99.9 Å². The standard InChI is InChI=1S/C18H22N2O5/c21-15(11-5-6-11)20-14(13-4-3-9-25-13)12(16(22)23)10-18(20)7-1-2-8-19-17(18)24/h3-4,9,11-12,14H,1-2,5-8,10H2,(H,19,24)(H,22,23)/t12-,14+,18-/m0/s1. The summed E-state index contributed by atoms with van der Waals surface area (Å²) in [4.78, 5) is 39.6. The van der Waals surface area contributed by atoms with E-state index in [1.807, 2.05) is 0 Å². The van der Waals surface area contributed by atoms with Crippen molar-refractivity contribution < 1.29 is 23.9 Å². The Morgan fingerprint density at radius 3 is 2.76 bits per heavy atom. The predicted molar refractivity (Wildman–Crippen MR) is 86.4 cm³/mol. The third kappa shape index (κ3) is 2.53. The van der Waals surface area contributed by atoms with Gasteiger partial charge in [-0.3, -0.25) is 14.4 Å². The number of hydrogen-bond donors (Lipinski definition) is 2. The van der Waals surface area contributed by atoms with Crippen LogP contribution < -0.4 is 5.32 Å². The third-order valence-corrected chi connectivity index (χ3v) is 5.72. The Labute approximate surface area is 145 Å². The molecule has 3 fully saturated rings. The second kappa shape index (κ2) is 5.89. The molecule has 2 N–H and O–H groups in total. The molecule has 4 rings (SSSR count). The fourth-order valence-electron chi connectivity index (χ4n) is 4.35. The van der Waals surface area contributed by atoms with E-state index in [9.17, 15) is 19.5 Å². The zero-order chi connectivity index (χ0) is 17.6. The molecule has 134 valence electrons. The van der Waals surface area contributed by atoms with E-state index in [0.29, 0.717) is 18.7 Å². The largest absolute Gasteiger partial charge is 0.481 e. The van der Waals surface area contributed by atoms with Crippen LogP contribution in [-0.4, -0.2) is 39.9 Å². The average Bonchev–Trinajstić information content (AvgIpc) is 3.22. The number of amides is 2. The molecule has 2 amide bonds. The molecule has 1 spiro atoms. The van der Waals surface area contributed by atoms with Crippen molar-refractivity contribution in [2.45, 2.75) is 50.1 Å². The van der Waals surface area contributed by atoms with Crippen molar-refractivity contribution in [3.63, 3.8) is 0 Å². The molecule has 1 aromatic heterocycles. The summed E-state index contributed by atoms with van der Waals surface area (Å²) in [7, 11) is 0. The molecular weight excluding hydrogens is 324 g/mol. The second-order valence-electron chi connectivity index (χ2n) is 7.34. The van der Waals surface area contributed by atoms with E-state index in [-0.39, 0.29) is 24.2 Å². The molecule has 0 aromatic carbocycles. The van der Waals surface area contributed by atoms with Gasteiger partial charge in [-0.2, -0.15) is 0 Å². The third-order valence-electron chi connectivity index (χ3n) is 5.72. The molecule has 3 aliphatic rings. The molecule has 0 unspecified atom stereocenters. The molecule has 1 aliphatic carbocycles. The van der Waals surface area contributed by atoms with E-state index >= 15 is 0 Å². The van der Waals surface area contributed by atoms with E-state index in [2.05, 4.69) is 5.32 Å². The Morgan fingerprint density at radius 1 is 1.32 bits per heavy atom. The Morgan fingerprint density at radius 2 is 2.12 bits per heavy atom. The van der Waals surface area contributed by atoms with Crippen LogP contribution in [0.4, 0.5) is 0 Å². The number of likely N-dealkylation sites (tertiary alicyclic amines) is 1. The van der Waals surface area contributed by atoms with E-state index in [0.717, 1.165) is 25.7 Å². The zero-order valence-corrected chi connectivity index (χ0v) is 13.9. The Hall–Kier alpha value is -2.31. The molecule has 1 saturated carbocycles. The molecule has 2 aliphatic heterocycles. The normalized spacial score (nSPS) is 32.5. The number of furan rings is 1. The van der Waals surface area contributed by atoms with Gasteiger partial charge in [0.05, 0.1) is 12.2 Å². The summed E-state index contributed by atoms with van der Waals surface area (Å²) < 4.78 is 5.49. The number of carboxylic acids is 1. The maximum atomic E-state index is 13.1. The Bertz CT molecular complexity index is 696. The number of carboxylic acid groups (broad SMARTS) is 1. The van der Waals surface area contributed by atoms with Gasteiger partial charge >= 0.3 is 5.97 Å². The van der Waals surface area contributed by atoms with Crippen LogP contribution in [0, 0.1) is 11.8 Å². The summed E-state index contributed by atoms with van der Waals surface area (Å²) in [6.45, 7) is 0.565. The lowest BCUT2D eigenvalue weighted by molar-refractivity contribution is -0.150. The molecule has 7 heteroatoms. The molecular formula is C18H22N2O5. The first-order valence-corrected chi connectivity index (χ1v) is 8.92. The molecule has 2 saturated heterocycles. The molecule has 3 heterocycles. The van der Waals surface area contributed by atoms with Crippen molar-refractivity contribution in [3.8, 4) is 0 Å². The van der Waals surface area contributed by atoms with Gasteiger partial charge in [0.15, 0.2) is 0 Å². The quantitative estimate of drug-likeness (QED) is 0.868. The summed E-state index contributed by atoms with van der Waals surface area (Å²) in [5.74, 6) is -1.84. The first kappa shape index (κ1) is 16.2. The van der Waals surface area contributed by atoms with Crippen LogP contribution >= 0.6 is 0 Å². The first-order valence-electron chi connectivity index (χ1n) is 8.92. The molecule has 0 bridgehead atoms. The average molecular weight is 346 g/mol. The maximum absolute atomic E-state index is 13.1. The summed E-state index contributed by atoms with van der Waals surface area (Å²) in [6, 6.07) is 2.65. The van der Waals surface area contributed by atoms with Crippen LogP contribution in [0.25, 0.3) is 0 Å². The van der Waals surface area contributed by atoms with Crippen molar-refractivity contribution in [2.75, 3.05) is 6.54 Å². The first-order chi connectivity index (χ1) is 12.0. The van der Waals surface area contributed by atoms with Gasteiger partial charge in [0, 0.05) is 12.5 Å². The van der Waals surface area contributed by atoms with E-state index in [1.165, 1.54) is 6.26 Å². The van der Waals surface area contributed by atoms with E-state index in [4.69, 9.17) is 4.42 Å². The molecule has 3 atom stereocenters. The Balaban J connectivity index is 1.83. The fraction of sp³-hybridized carbons (Fsp3) is 0.611. The molecule has 25 heavy (non-hydrogen) atoms. The zero-order valence-electron chi connectivity index (χ0n) is 13.9. The highest BCUT2D eigenvalue weighted by molar-refractivity contribution is 5.95. The van der Waals surface area contributed by atoms with Gasteiger partial charge in [0.2, 0.25) is 11.8 Å². The summed E-state index contributed by atoms with van der Waals surface area (Å²) in [6.07, 6.45) is 5.33. The lowest BCUT2D eigenvalue weighted by Gasteiger charge is -2.38. The van der Waals surface area contributed by atoms with Gasteiger partial charge in [-0.1, -0.05) is 0 Å². The van der Waals surface area contributed by atoms with Crippen LogP contribution in [-0.2, 0) is 14.4 Å². The minimum Gasteiger partial charge on any atom is -0.481 e. The van der Waals surface area contributed by atoms with E-state index < -0.39 is 23.5 Å². The van der Waals surface area contributed by atoms with E-state index in [1.54, 1.807) is 17.0 Å². The summed E-state index contributed by atoms with van der Waals surface area (Å²) in [5, 5.41) is 12.7. The molecule has 1 aromatic rings. The van der Waals surface area contributed by atoms with Crippen molar-refractivity contribution >= 4 is 17.8 Å². The van der Waals surface area contributed by atoms with Gasteiger partial charge in [0.1, 0.15) is 17.3 Å². The van der Waals surface area contributed by atoms with Gasteiger partial charge in [-0.25, -0.2) is 0 Å². The summed E-state index contributed by atoms with van der Waals surface area (Å²) >= 11 is 0. The minimum atomic E-state index is -1.09. The highest BCUT2D eigenvalue weighted by atomic mass is 16.4. The number of nitrogens with zero attached hydrogens (tertiary/aromatic N) is 1. The second-order valence-corrected chi connectivity index (χ2v) is 7.34. The number of carbonyl (C=O) groups is 3. The van der Waals surface area contributed by atoms with Crippen molar-refractivity contribution in [3.05, 3.63) is 24.2 Å². The van der Waals surface area contributed by atoms with Crippen LogP contribution in [0.15, 0.2) is 22.8 Å². The maximum Gasteiger partial charge on any atom is 0.309 e. The monoisotopic (exact) mass is 346 g/mol. The highest BCUT2D eigenvalue weighted by Gasteiger charge is 2.62. The van der Waals surface area contributed by atoms with Gasteiger partial charge in [-0.05, 0) is 50.7 Å². The van der Waals surface area contributed by atoms with Crippen molar-refractivity contribution in [2.24, 2.45) is 11.8 Å². The predicted octanol–water partition coefficient (Wildman–Crippen LogP) is 1.70. The van der Waals surface area contributed by atoms with Gasteiger partial charge in [0.25, 0.3) is 0 Å². The fourth-order valence-corrected chi connectivity index (χ4v) is 4.35.